The molecule has 4 nitrogen and oxygen atoms in total. The predicted molar refractivity (Wildman–Crippen MR) is 67.8 cm³/mol. The highest BCUT2D eigenvalue weighted by Gasteiger charge is 1.98. The molecule has 0 aliphatic rings. The number of rotatable bonds is 5. The second-order valence-corrected chi connectivity index (χ2v) is 4.08. The highest BCUT2D eigenvalue weighted by atomic mass is 32.1. The lowest BCUT2D eigenvalue weighted by Gasteiger charge is -2.06. The van der Waals surface area contributed by atoms with Gasteiger partial charge in [0.2, 0.25) is 0 Å². The Morgan fingerprint density at radius 2 is 2.06 bits per heavy atom. The van der Waals surface area contributed by atoms with Crippen LogP contribution < -0.4 is 10.6 Å². The molecular weight excluding hydrogens is 220 g/mol. The lowest BCUT2D eigenvalue weighted by molar-refractivity contribution is 1.07. The fraction of sp³-hybridized carbons (Fsp3) is 0.273. The molecule has 2 aromatic rings. The van der Waals surface area contributed by atoms with Crippen LogP contribution in [-0.2, 0) is 6.54 Å². The highest BCUT2D eigenvalue weighted by molar-refractivity contribution is 7.07. The summed E-state index contributed by atoms with van der Waals surface area (Å²) < 4.78 is 0. The SMILES string of the molecule is CCNc1cc(NCc2ccsc2)ncn1. The van der Waals surface area contributed by atoms with Crippen molar-refractivity contribution < 1.29 is 0 Å². The van der Waals surface area contributed by atoms with Gasteiger partial charge in [0.25, 0.3) is 0 Å². The van der Waals surface area contributed by atoms with Gasteiger partial charge in [-0.05, 0) is 29.3 Å². The van der Waals surface area contributed by atoms with Crippen molar-refractivity contribution in [1.29, 1.82) is 0 Å². The van der Waals surface area contributed by atoms with Crippen molar-refractivity contribution in [1.82, 2.24) is 9.97 Å². The molecule has 0 unspecified atom stereocenters. The molecule has 16 heavy (non-hydrogen) atoms. The van der Waals surface area contributed by atoms with Crippen molar-refractivity contribution in [3.05, 3.63) is 34.8 Å². The van der Waals surface area contributed by atoms with Gasteiger partial charge in [-0.2, -0.15) is 11.3 Å². The first-order valence-corrected chi connectivity index (χ1v) is 6.13. The van der Waals surface area contributed by atoms with Crippen LogP contribution in [0.2, 0.25) is 0 Å². The second kappa shape index (κ2) is 5.46. The summed E-state index contributed by atoms with van der Waals surface area (Å²) in [5, 5.41) is 10.6. The number of nitrogens with one attached hydrogen (secondary N) is 2. The molecule has 5 heteroatoms. The quantitative estimate of drug-likeness (QED) is 0.835. The Balaban J connectivity index is 1.96. The molecule has 0 aliphatic carbocycles. The molecule has 0 aromatic carbocycles. The summed E-state index contributed by atoms with van der Waals surface area (Å²) >= 11 is 1.70. The van der Waals surface area contributed by atoms with Crippen molar-refractivity contribution in [2.75, 3.05) is 17.2 Å². The average molecular weight is 234 g/mol. The molecule has 0 aliphatic heterocycles. The zero-order valence-electron chi connectivity index (χ0n) is 9.10. The Morgan fingerprint density at radius 3 is 2.75 bits per heavy atom. The smallest absolute Gasteiger partial charge is 0.131 e. The predicted octanol–water partition coefficient (Wildman–Crippen LogP) is 2.58. The minimum Gasteiger partial charge on any atom is -0.370 e. The van der Waals surface area contributed by atoms with Crippen LogP contribution >= 0.6 is 11.3 Å². The molecular formula is C11H14N4S. The van der Waals surface area contributed by atoms with Crippen molar-refractivity contribution in [3.63, 3.8) is 0 Å². The summed E-state index contributed by atoms with van der Waals surface area (Å²) in [5.74, 6) is 1.70. The molecule has 0 radical (unpaired) electrons. The largest absolute Gasteiger partial charge is 0.370 e. The molecule has 2 rings (SSSR count). The van der Waals surface area contributed by atoms with Gasteiger partial charge in [0.05, 0.1) is 0 Å². The van der Waals surface area contributed by atoms with Crippen LogP contribution in [0, 0.1) is 0 Å². The summed E-state index contributed by atoms with van der Waals surface area (Å²) in [6, 6.07) is 4.01. The van der Waals surface area contributed by atoms with Crippen molar-refractivity contribution in [3.8, 4) is 0 Å². The monoisotopic (exact) mass is 234 g/mol. The zero-order valence-corrected chi connectivity index (χ0v) is 9.92. The first kappa shape index (κ1) is 10.9. The average Bonchev–Trinajstić information content (AvgIpc) is 2.80. The minimum absolute atomic E-state index is 0.798. The van der Waals surface area contributed by atoms with E-state index in [0.717, 1.165) is 24.7 Å². The number of nitrogens with zero attached hydrogens (tertiary/aromatic N) is 2. The van der Waals surface area contributed by atoms with Gasteiger partial charge in [0.1, 0.15) is 18.0 Å². The fourth-order valence-electron chi connectivity index (χ4n) is 1.32. The van der Waals surface area contributed by atoms with Gasteiger partial charge >= 0.3 is 0 Å². The molecule has 0 saturated heterocycles. The molecule has 0 amide bonds. The maximum absolute atomic E-state index is 4.16. The third kappa shape index (κ3) is 2.93. The van der Waals surface area contributed by atoms with Gasteiger partial charge < -0.3 is 10.6 Å². The van der Waals surface area contributed by atoms with E-state index in [1.54, 1.807) is 17.7 Å². The van der Waals surface area contributed by atoms with Crippen LogP contribution in [0.15, 0.2) is 29.2 Å². The van der Waals surface area contributed by atoms with Gasteiger partial charge in [-0.1, -0.05) is 0 Å². The maximum Gasteiger partial charge on any atom is 0.131 e. The van der Waals surface area contributed by atoms with Gasteiger partial charge in [-0.3, -0.25) is 0 Å². The summed E-state index contributed by atoms with van der Waals surface area (Å²) in [6.07, 6.45) is 1.56. The second-order valence-electron chi connectivity index (χ2n) is 3.30. The van der Waals surface area contributed by atoms with Crippen molar-refractivity contribution in [2.45, 2.75) is 13.5 Å². The molecule has 0 fully saturated rings. The Hall–Kier alpha value is -1.62. The number of aromatic nitrogens is 2. The van der Waals surface area contributed by atoms with E-state index in [-0.39, 0.29) is 0 Å². The normalized spacial score (nSPS) is 10.1. The molecule has 0 saturated carbocycles. The van der Waals surface area contributed by atoms with Gasteiger partial charge in [-0.25, -0.2) is 9.97 Å². The van der Waals surface area contributed by atoms with E-state index in [0.29, 0.717) is 0 Å². The van der Waals surface area contributed by atoms with E-state index in [9.17, 15) is 0 Å². The number of anilines is 2. The summed E-state index contributed by atoms with van der Waals surface area (Å²) in [7, 11) is 0. The van der Waals surface area contributed by atoms with E-state index in [4.69, 9.17) is 0 Å². The minimum atomic E-state index is 0.798. The van der Waals surface area contributed by atoms with Crippen LogP contribution in [0.5, 0.6) is 0 Å². The first-order valence-electron chi connectivity index (χ1n) is 5.19. The molecule has 2 N–H and O–H groups in total. The van der Waals surface area contributed by atoms with E-state index in [2.05, 4.69) is 37.4 Å². The van der Waals surface area contributed by atoms with E-state index in [1.165, 1.54) is 5.56 Å². The van der Waals surface area contributed by atoms with E-state index in [1.807, 2.05) is 13.0 Å². The number of hydrogen-bond donors (Lipinski definition) is 2. The van der Waals surface area contributed by atoms with Crippen LogP contribution in [0.3, 0.4) is 0 Å². The molecule has 84 valence electrons. The van der Waals surface area contributed by atoms with Crippen LogP contribution in [0.1, 0.15) is 12.5 Å². The lowest BCUT2D eigenvalue weighted by Crippen LogP contribution is -2.04. The third-order valence-electron chi connectivity index (χ3n) is 2.08. The third-order valence-corrected chi connectivity index (χ3v) is 2.81. The Labute approximate surface area is 98.8 Å². The van der Waals surface area contributed by atoms with Gasteiger partial charge in [-0.15, -0.1) is 0 Å². The number of thiophene rings is 1. The van der Waals surface area contributed by atoms with E-state index < -0.39 is 0 Å². The Morgan fingerprint density at radius 1 is 1.25 bits per heavy atom. The van der Waals surface area contributed by atoms with Gasteiger partial charge in [0.15, 0.2) is 0 Å². The summed E-state index contributed by atoms with van der Waals surface area (Å²) in [5.41, 5.74) is 1.27. The number of hydrogen-bond acceptors (Lipinski definition) is 5. The van der Waals surface area contributed by atoms with Crippen LogP contribution in [-0.4, -0.2) is 16.5 Å². The van der Waals surface area contributed by atoms with Gasteiger partial charge in [0, 0.05) is 19.2 Å². The maximum atomic E-state index is 4.16. The molecule has 2 aromatic heterocycles. The molecule has 0 atom stereocenters. The summed E-state index contributed by atoms with van der Waals surface area (Å²) in [6.45, 7) is 3.70. The van der Waals surface area contributed by atoms with E-state index >= 15 is 0 Å². The molecule has 0 spiro atoms. The molecule has 2 heterocycles. The zero-order chi connectivity index (χ0) is 11.2. The molecule has 0 bridgehead atoms. The van der Waals surface area contributed by atoms with Crippen LogP contribution in [0.4, 0.5) is 11.6 Å². The standard InChI is InChI=1S/C11H14N4S/c1-2-12-10-5-11(15-8-14-10)13-6-9-3-4-16-7-9/h3-5,7-8H,2,6H2,1H3,(H2,12,13,14,15). The van der Waals surface area contributed by atoms with Crippen molar-refractivity contribution in [2.24, 2.45) is 0 Å². The Kier molecular flexibility index (Phi) is 3.71. The van der Waals surface area contributed by atoms with Crippen LogP contribution in [0.25, 0.3) is 0 Å². The summed E-state index contributed by atoms with van der Waals surface area (Å²) in [4.78, 5) is 8.28. The highest BCUT2D eigenvalue weighted by Crippen LogP contribution is 2.11. The van der Waals surface area contributed by atoms with Crippen molar-refractivity contribution >= 4 is 23.0 Å². The Bertz CT molecular complexity index is 427. The first-order chi connectivity index (χ1) is 7.88. The topological polar surface area (TPSA) is 49.8 Å². The lowest BCUT2D eigenvalue weighted by atomic mass is 10.3. The fourth-order valence-corrected chi connectivity index (χ4v) is 1.99.